The topological polar surface area (TPSA) is 90.7 Å². The van der Waals surface area contributed by atoms with Crippen molar-refractivity contribution in [2.75, 3.05) is 5.73 Å². The van der Waals surface area contributed by atoms with E-state index in [1.165, 1.54) is 6.20 Å². The van der Waals surface area contributed by atoms with Gasteiger partial charge in [-0.3, -0.25) is 0 Å². The molecule has 0 amide bonds. The Bertz CT molecular complexity index is 757. The molecule has 0 aliphatic carbocycles. The van der Waals surface area contributed by atoms with Gasteiger partial charge in [-0.1, -0.05) is 28.4 Å². The van der Waals surface area contributed by atoms with E-state index < -0.39 is 0 Å². The molecule has 0 fully saturated rings. The Balaban J connectivity index is 1.99. The van der Waals surface area contributed by atoms with Crippen molar-refractivity contribution < 1.29 is 4.52 Å². The Morgan fingerprint density at radius 2 is 1.95 bits per heavy atom. The highest BCUT2D eigenvalue weighted by Gasteiger charge is 2.15. The highest BCUT2D eigenvalue weighted by molar-refractivity contribution is 6.35. The molecule has 20 heavy (non-hydrogen) atoms. The Kier molecular flexibility index (Phi) is 3.25. The number of hydrogen-bond donors (Lipinski definition) is 1. The van der Waals surface area contributed by atoms with Crippen LogP contribution in [0.15, 0.2) is 35.1 Å². The van der Waals surface area contributed by atoms with Gasteiger partial charge in [0.2, 0.25) is 5.82 Å². The van der Waals surface area contributed by atoms with Gasteiger partial charge in [0, 0.05) is 12.4 Å². The first-order valence-electron chi connectivity index (χ1n) is 5.50. The molecule has 0 bridgehead atoms. The van der Waals surface area contributed by atoms with E-state index >= 15 is 0 Å². The molecular formula is C12H7Cl2N5O. The Labute approximate surface area is 123 Å². The maximum atomic E-state index is 6.04. The van der Waals surface area contributed by atoms with Crippen LogP contribution in [0.25, 0.3) is 23.0 Å². The summed E-state index contributed by atoms with van der Waals surface area (Å²) >= 11 is 11.8. The molecule has 3 heterocycles. The Hall–Kier alpha value is -2.18. The molecule has 0 atom stereocenters. The van der Waals surface area contributed by atoms with E-state index in [1.54, 1.807) is 24.4 Å². The van der Waals surface area contributed by atoms with Gasteiger partial charge < -0.3 is 10.3 Å². The molecule has 0 aromatic carbocycles. The second-order valence-electron chi connectivity index (χ2n) is 3.88. The molecule has 0 aliphatic heterocycles. The van der Waals surface area contributed by atoms with Gasteiger partial charge in [0.05, 0.1) is 15.6 Å². The van der Waals surface area contributed by atoms with Gasteiger partial charge in [0.15, 0.2) is 0 Å². The first-order valence-corrected chi connectivity index (χ1v) is 6.26. The molecule has 8 heteroatoms. The monoisotopic (exact) mass is 307 g/mol. The summed E-state index contributed by atoms with van der Waals surface area (Å²) in [7, 11) is 0. The van der Waals surface area contributed by atoms with Crippen molar-refractivity contribution >= 4 is 29.0 Å². The SMILES string of the molecule is Nc1ccc(-c2nc(-c3ncc(Cl)cc3Cl)no2)cn1. The van der Waals surface area contributed by atoms with E-state index in [9.17, 15) is 0 Å². The van der Waals surface area contributed by atoms with Crippen LogP contribution in [0.1, 0.15) is 0 Å². The number of hydrogen-bond acceptors (Lipinski definition) is 6. The van der Waals surface area contributed by atoms with Crippen LogP contribution < -0.4 is 5.73 Å². The van der Waals surface area contributed by atoms with Crippen LogP contribution in [0, 0.1) is 0 Å². The van der Waals surface area contributed by atoms with Crippen molar-refractivity contribution in [2.24, 2.45) is 0 Å². The summed E-state index contributed by atoms with van der Waals surface area (Å²) in [5, 5.41) is 4.62. The van der Waals surface area contributed by atoms with E-state index in [1.807, 2.05) is 0 Å². The van der Waals surface area contributed by atoms with Crippen molar-refractivity contribution in [3.8, 4) is 23.0 Å². The fourth-order valence-electron chi connectivity index (χ4n) is 1.55. The van der Waals surface area contributed by atoms with Crippen molar-refractivity contribution in [1.29, 1.82) is 0 Å². The average Bonchev–Trinajstić information content (AvgIpc) is 2.89. The van der Waals surface area contributed by atoms with Crippen LogP contribution in [0.5, 0.6) is 0 Å². The summed E-state index contributed by atoms with van der Waals surface area (Å²) in [6, 6.07) is 4.94. The van der Waals surface area contributed by atoms with E-state index in [-0.39, 0.29) is 5.82 Å². The lowest BCUT2D eigenvalue weighted by Crippen LogP contribution is -1.89. The lowest BCUT2D eigenvalue weighted by molar-refractivity contribution is 0.432. The van der Waals surface area contributed by atoms with Crippen molar-refractivity contribution in [2.45, 2.75) is 0 Å². The first-order chi connectivity index (χ1) is 9.63. The normalized spacial score (nSPS) is 10.7. The molecule has 100 valence electrons. The number of nitrogens with two attached hydrogens (primary N) is 1. The molecule has 6 nitrogen and oxygen atoms in total. The molecule has 0 aliphatic rings. The lowest BCUT2D eigenvalue weighted by Gasteiger charge is -1.97. The van der Waals surface area contributed by atoms with Gasteiger partial charge in [-0.2, -0.15) is 4.98 Å². The Morgan fingerprint density at radius 3 is 2.65 bits per heavy atom. The van der Waals surface area contributed by atoms with Gasteiger partial charge in [-0.15, -0.1) is 0 Å². The summed E-state index contributed by atoms with van der Waals surface area (Å²) < 4.78 is 5.16. The number of nitrogens with zero attached hydrogens (tertiary/aromatic N) is 4. The molecule has 3 aromatic heterocycles. The quantitative estimate of drug-likeness (QED) is 0.782. The van der Waals surface area contributed by atoms with Crippen LogP contribution >= 0.6 is 23.2 Å². The predicted octanol–water partition coefficient (Wildman–Crippen LogP) is 3.08. The molecule has 0 saturated carbocycles. The smallest absolute Gasteiger partial charge is 0.259 e. The number of nitrogen functional groups attached to an aromatic ring is 1. The van der Waals surface area contributed by atoms with Gasteiger partial charge in [0.25, 0.3) is 5.89 Å². The van der Waals surface area contributed by atoms with Crippen molar-refractivity contribution in [3.05, 3.63) is 40.6 Å². The zero-order valence-electron chi connectivity index (χ0n) is 9.92. The van der Waals surface area contributed by atoms with Crippen LogP contribution in [-0.2, 0) is 0 Å². The number of rotatable bonds is 2. The third-order valence-electron chi connectivity index (χ3n) is 2.48. The standard InChI is InChI=1S/C12H7Cl2N5O/c13-7-3-8(14)10(17-5-7)11-18-12(20-19-11)6-1-2-9(15)16-4-6/h1-5H,(H2,15,16). The average molecular weight is 308 g/mol. The molecule has 0 unspecified atom stereocenters. The molecule has 0 radical (unpaired) electrons. The minimum atomic E-state index is 0.276. The molecule has 2 N–H and O–H groups in total. The number of halogens is 2. The minimum Gasteiger partial charge on any atom is -0.384 e. The summed E-state index contributed by atoms with van der Waals surface area (Å²) in [4.78, 5) is 12.3. The Morgan fingerprint density at radius 1 is 1.10 bits per heavy atom. The van der Waals surface area contributed by atoms with Gasteiger partial charge >= 0.3 is 0 Å². The highest BCUT2D eigenvalue weighted by atomic mass is 35.5. The number of anilines is 1. The van der Waals surface area contributed by atoms with E-state index in [0.29, 0.717) is 33.0 Å². The van der Waals surface area contributed by atoms with E-state index in [4.69, 9.17) is 33.5 Å². The fraction of sp³-hybridized carbons (Fsp3) is 0. The van der Waals surface area contributed by atoms with Crippen molar-refractivity contribution in [3.63, 3.8) is 0 Å². The second-order valence-corrected chi connectivity index (χ2v) is 4.72. The van der Waals surface area contributed by atoms with Gasteiger partial charge in [0.1, 0.15) is 11.5 Å². The van der Waals surface area contributed by atoms with Crippen LogP contribution in [0.2, 0.25) is 10.0 Å². The summed E-state index contributed by atoms with van der Waals surface area (Å²) in [6.07, 6.45) is 3.01. The number of pyridine rings is 2. The van der Waals surface area contributed by atoms with Crippen LogP contribution in [-0.4, -0.2) is 20.1 Å². The molecule has 0 saturated heterocycles. The highest BCUT2D eigenvalue weighted by Crippen LogP contribution is 2.27. The van der Waals surface area contributed by atoms with E-state index in [2.05, 4.69) is 20.1 Å². The van der Waals surface area contributed by atoms with Crippen LogP contribution in [0.3, 0.4) is 0 Å². The third kappa shape index (κ3) is 2.43. The number of aromatic nitrogens is 4. The van der Waals surface area contributed by atoms with Gasteiger partial charge in [-0.25, -0.2) is 9.97 Å². The third-order valence-corrected chi connectivity index (χ3v) is 2.97. The lowest BCUT2D eigenvalue weighted by atomic mass is 10.3. The molecule has 0 spiro atoms. The molecular weight excluding hydrogens is 301 g/mol. The minimum absolute atomic E-state index is 0.276. The molecule has 3 rings (SSSR count). The summed E-state index contributed by atoms with van der Waals surface area (Å²) in [6.45, 7) is 0. The zero-order chi connectivity index (χ0) is 14.1. The summed E-state index contributed by atoms with van der Waals surface area (Å²) in [5.74, 6) is 0.995. The fourth-order valence-corrected chi connectivity index (χ4v) is 2.01. The maximum absolute atomic E-state index is 6.04. The van der Waals surface area contributed by atoms with E-state index in [0.717, 1.165) is 0 Å². The molecule has 3 aromatic rings. The predicted molar refractivity (Wildman–Crippen MR) is 75.2 cm³/mol. The summed E-state index contributed by atoms with van der Waals surface area (Å²) in [5.41, 5.74) is 6.57. The largest absolute Gasteiger partial charge is 0.384 e. The van der Waals surface area contributed by atoms with Crippen molar-refractivity contribution in [1.82, 2.24) is 20.1 Å². The first kappa shape index (κ1) is 12.8. The zero-order valence-corrected chi connectivity index (χ0v) is 11.4. The van der Waals surface area contributed by atoms with Crippen LogP contribution in [0.4, 0.5) is 5.82 Å². The second kappa shape index (κ2) is 5.07. The maximum Gasteiger partial charge on any atom is 0.259 e. The van der Waals surface area contributed by atoms with Gasteiger partial charge in [-0.05, 0) is 18.2 Å².